The first-order valence-electron chi connectivity index (χ1n) is 4.50. The van der Waals surface area contributed by atoms with E-state index in [0.717, 1.165) is 13.0 Å². The Hall–Kier alpha value is 0.400. The molecule has 0 radical (unpaired) electrons. The highest BCUT2D eigenvalue weighted by Gasteiger charge is 2.08. The zero-order valence-corrected chi connectivity index (χ0v) is 9.27. The molecule has 0 amide bonds. The van der Waals surface area contributed by atoms with Crippen LogP contribution in [0.1, 0.15) is 26.2 Å². The molecule has 0 aromatic rings. The van der Waals surface area contributed by atoms with Crippen LogP contribution < -0.4 is 5.73 Å². The van der Waals surface area contributed by atoms with Crippen LogP contribution in [0.4, 0.5) is 0 Å². The van der Waals surface area contributed by atoms with Gasteiger partial charge in [-0.2, -0.15) is 0 Å². The molecule has 3 heteroatoms. The molecule has 2 N–H and O–H groups in total. The van der Waals surface area contributed by atoms with Gasteiger partial charge < -0.3 is 5.73 Å². The molecule has 1 aliphatic heterocycles. The molecule has 0 spiro atoms. The van der Waals surface area contributed by atoms with Crippen molar-refractivity contribution in [3.8, 4) is 0 Å². The van der Waals surface area contributed by atoms with Gasteiger partial charge in [0.2, 0.25) is 0 Å². The normalized spacial score (nSPS) is 18.0. The van der Waals surface area contributed by atoms with Crippen LogP contribution >= 0.6 is 23.5 Å². The lowest BCUT2D eigenvalue weighted by molar-refractivity contribution is 0.824. The molecule has 0 aromatic heterocycles. The standard InChI is InChI=1S/C9H17NS2/c1-8(4-2-5-10)9-11-6-3-7-12-9/h2-7,10H2,1H3. The van der Waals surface area contributed by atoms with E-state index in [9.17, 15) is 0 Å². The van der Waals surface area contributed by atoms with Crippen LogP contribution in [0.2, 0.25) is 0 Å². The minimum Gasteiger partial charge on any atom is -0.330 e. The molecule has 1 fully saturated rings. The molecular formula is C9H17NS2. The molecule has 0 bridgehead atoms. The zero-order chi connectivity index (χ0) is 8.81. The van der Waals surface area contributed by atoms with Crippen molar-refractivity contribution < 1.29 is 0 Å². The second-order valence-electron chi connectivity index (χ2n) is 3.01. The average Bonchev–Trinajstić information content (AvgIpc) is 2.15. The molecule has 0 aliphatic carbocycles. The Balaban J connectivity index is 2.37. The first-order valence-corrected chi connectivity index (χ1v) is 6.47. The van der Waals surface area contributed by atoms with Crippen molar-refractivity contribution in [3.63, 3.8) is 0 Å². The molecule has 0 saturated carbocycles. The molecule has 0 atom stereocenters. The van der Waals surface area contributed by atoms with Crippen molar-refractivity contribution in [1.82, 2.24) is 0 Å². The Morgan fingerprint density at radius 1 is 1.42 bits per heavy atom. The number of rotatable bonds is 3. The fourth-order valence-electron chi connectivity index (χ4n) is 1.15. The summed E-state index contributed by atoms with van der Waals surface area (Å²) in [7, 11) is 0. The topological polar surface area (TPSA) is 26.0 Å². The maximum atomic E-state index is 5.47. The van der Waals surface area contributed by atoms with Crippen molar-refractivity contribution in [2.45, 2.75) is 26.2 Å². The molecule has 1 heterocycles. The minimum absolute atomic E-state index is 0.819. The van der Waals surface area contributed by atoms with Gasteiger partial charge in [-0.25, -0.2) is 0 Å². The Labute approximate surface area is 83.5 Å². The van der Waals surface area contributed by atoms with Gasteiger partial charge in [0.25, 0.3) is 0 Å². The van der Waals surface area contributed by atoms with Gasteiger partial charge in [-0.3, -0.25) is 0 Å². The van der Waals surface area contributed by atoms with E-state index < -0.39 is 0 Å². The lowest BCUT2D eigenvalue weighted by Gasteiger charge is -2.15. The van der Waals surface area contributed by atoms with Crippen molar-refractivity contribution >= 4 is 23.5 Å². The number of allylic oxidation sites excluding steroid dienone is 1. The Kier molecular flexibility index (Phi) is 5.19. The second kappa shape index (κ2) is 5.95. The van der Waals surface area contributed by atoms with Crippen LogP contribution in [0.15, 0.2) is 9.81 Å². The van der Waals surface area contributed by atoms with E-state index in [1.165, 1.54) is 24.3 Å². The van der Waals surface area contributed by atoms with Gasteiger partial charge in [0.1, 0.15) is 0 Å². The maximum absolute atomic E-state index is 5.47. The third-order valence-electron chi connectivity index (χ3n) is 1.86. The summed E-state index contributed by atoms with van der Waals surface area (Å²) < 4.78 is 1.56. The summed E-state index contributed by atoms with van der Waals surface area (Å²) in [5.74, 6) is 2.62. The van der Waals surface area contributed by atoms with Crippen molar-refractivity contribution in [3.05, 3.63) is 9.81 Å². The first-order chi connectivity index (χ1) is 5.84. The fraction of sp³-hybridized carbons (Fsp3) is 0.778. The molecule has 1 nitrogen and oxygen atoms in total. The van der Waals surface area contributed by atoms with Gasteiger partial charge in [-0.15, -0.1) is 23.5 Å². The van der Waals surface area contributed by atoms with Crippen LogP contribution in [0.25, 0.3) is 0 Å². The van der Waals surface area contributed by atoms with E-state index in [2.05, 4.69) is 6.92 Å². The summed E-state index contributed by atoms with van der Waals surface area (Å²) in [5.41, 5.74) is 7.02. The van der Waals surface area contributed by atoms with Crippen LogP contribution in [-0.4, -0.2) is 18.1 Å². The van der Waals surface area contributed by atoms with E-state index in [1.54, 1.807) is 9.81 Å². The van der Waals surface area contributed by atoms with Gasteiger partial charge in [0, 0.05) is 4.24 Å². The lowest BCUT2D eigenvalue weighted by atomic mass is 10.2. The van der Waals surface area contributed by atoms with E-state index in [-0.39, 0.29) is 0 Å². The van der Waals surface area contributed by atoms with E-state index in [0.29, 0.717) is 0 Å². The van der Waals surface area contributed by atoms with E-state index in [4.69, 9.17) is 5.73 Å². The number of nitrogens with two attached hydrogens (primary N) is 1. The fourth-order valence-corrected chi connectivity index (χ4v) is 3.81. The van der Waals surface area contributed by atoms with Gasteiger partial charge >= 0.3 is 0 Å². The SMILES string of the molecule is CC(CCCN)=C1SCCCS1. The summed E-state index contributed by atoms with van der Waals surface area (Å²) >= 11 is 4.05. The molecular weight excluding hydrogens is 186 g/mol. The quantitative estimate of drug-likeness (QED) is 0.764. The zero-order valence-electron chi connectivity index (χ0n) is 7.64. The number of hydrogen-bond donors (Lipinski definition) is 1. The average molecular weight is 203 g/mol. The molecule has 1 aliphatic rings. The molecule has 0 unspecified atom stereocenters. The van der Waals surface area contributed by atoms with Crippen molar-refractivity contribution in [2.24, 2.45) is 5.73 Å². The molecule has 70 valence electrons. The summed E-state index contributed by atoms with van der Waals surface area (Å²) in [6, 6.07) is 0. The highest BCUT2D eigenvalue weighted by Crippen LogP contribution is 2.37. The predicted molar refractivity (Wildman–Crippen MR) is 60.5 cm³/mol. The highest BCUT2D eigenvalue weighted by atomic mass is 32.2. The second-order valence-corrected chi connectivity index (χ2v) is 5.48. The van der Waals surface area contributed by atoms with Crippen LogP contribution in [0, 0.1) is 0 Å². The van der Waals surface area contributed by atoms with Crippen LogP contribution in [0.3, 0.4) is 0 Å². The number of hydrogen-bond acceptors (Lipinski definition) is 3. The lowest BCUT2D eigenvalue weighted by Crippen LogP contribution is -1.99. The van der Waals surface area contributed by atoms with E-state index >= 15 is 0 Å². The Morgan fingerprint density at radius 3 is 2.67 bits per heavy atom. The summed E-state index contributed by atoms with van der Waals surface area (Å²) in [6.45, 7) is 3.07. The van der Waals surface area contributed by atoms with Crippen LogP contribution in [-0.2, 0) is 0 Å². The molecule has 12 heavy (non-hydrogen) atoms. The van der Waals surface area contributed by atoms with Gasteiger partial charge in [-0.1, -0.05) is 5.57 Å². The largest absolute Gasteiger partial charge is 0.330 e. The highest BCUT2D eigenvalue weighted by molar-refractivity contribution is 8.22. The van der Waals surface area contributed by atoms with Crippen molar-refractivity contribution in [2.75, 3.05) is 18.1 Å². The molecule has 1 saturated heterocycles. The van der Waals surface area contributed by atoms with Crippen LogP contribution in [0.5, 0.6) is 0 Å². The smallest absolute Gasteiger partial charge is 0.0390 e. The molecule has 1 rings (SSSR count). The predicted octanol–water partition coefficient (Wildman–Crippen LogP) is 2.83. The first kappa shape index (κ1) is 10.5. The monoisotopic (exact) mass is 203 g/mol. The van der Waals surface area contributed by atoms with Gasteiger partial charge in [-0.05, 0) is 44.2 Å². The van der Waals surface area contributed by atoms with E-state index in [1.807, 2.05) is 23.5 Å². The minimum atomic E-state index is 0.819. The summed E-state index contributed by atoms with van der Waals surface area (Å²) in [4.78, 5) is 0. The maximum Gasteiger partial charge on any atom is 0.0390 e. The summed E-state index contributed by atoms with van der Waals surface area (Å²) in [5, 5.41) is 0. The van der Waals surface area contributed by atoms with Crippen molar-refractivity contribution in [1.29, 1.82) is 0 Å². The number of thioether (sulfide) groups is 2. The Morgan fingerprint density at radius 2 is 2.08 bits per heavy atom. The molecule has 0 aromatic carbocycles. The summed E-state index contributed by atoms with van der Waals surface area (Å²) in [6.07, 6.45) is 3.69. The Bertz CT molecular complexity index is 158. The van der Waals surface area contributed by atoms with Gasteiger partial charge in [0.05, 0.1) is 0 Å². The third kappa shape index (κ3) is 3.42. The third-order valence-corrected chi connectivity index (χ3v) is 4.77. The van der Waals surface area contributed by atoms with Gasteiger partial charge in [0.15, 0.2) is 0 Å².